The van der Waals surface area contributed by atoms with Crippen LogP contribution in [-0.4, -0.2) is 62.1 Å². The van der Waals surface area contributed by atoms with Crippen molar-refractivity contribution in [3.63, 3.8) is 0 Å². The lowest BCUT2D eigenvalue weighted by Crippen LogP contribution is -2.50. The number of aliphatic imine (C=N–C) groups is 1. The summed E-state index contributed by atoms with van der Waals surface area (Å²) in [5, 5.41) is 7.85. The Bertz CT molecular complexity index is 670. The van der Waals surface area contributed by atoms with Gasteiger partial charge in [-0.25, -0.2) is 17.7 Å². The molecule has 1 aliphatic rings. The van der Waals surface area contributed by atoms with E-state index in [1.54, 1.807) is 29.6 Å². The molecule has 10 heteroatoms. The second-order valence-electron chi connectivity index (χ2n) is 6.04. The maximum Gasteiger partial charge on any atom is 0.213 e. The highest BCUT2D eigenvalue weighted by Crippen LogP contribution is 2.15. The van der Waals surface area contributed by atoms with Gasteiger partial charge in [0.25, 0.3) is 0 Å². The fourth-order valence-corrected chi connectivity index (χ4v) is 4.76. The summed E-state index contributed by atoms with van der Waals surface area (Å²) in [5.41, 5.74) is 0. The van der Waals surface area contributed by atoms with Crippen molar-refractivity contribution in [1.82, 2.24) is 19.9 Å². The van der Waals surface area contributed by atoms with Crippen molar-refractivity contribution >= 4 is 51.3 Å². The van der Waals surface area contributed by atoms with E-state index in [1.165, 1.54) is 4.88 Å². The van der Waals surface area contributed by atoms with Crippen LogP contribution in [0.4, 0.5) is 0 Å². The third-order valence-electron chi connectivity index (χ3n) is 4.36. The van der Waals surface area contributed by atoms with E-state index >= 15 is 0 Å². The van der Waals surface area contributed by atoms with Gasteiger partial charge in [0.05, 0.1) is 10.8 Å². The number of guanidine groups is 1. The summed E-state index contributed by atoms with van der Waals surface area (Å²) < 4.78 is 25.4. The average molecular weight is 515 g/mol. The molecule has 0 saturated carbocycles. The molecule has 7 nitrogen and oxygen atoms in total. The van der Waals surface area contributed by atoms with E-state index in [0.717, 1.165) is 43.2 Å². The lowest BCUT2D eigenvalue weighted by Gasteiger charge is -2.32. The maximum atomic E-state index is 11.9. The highest BCUT2D eigenvalue weighted by Gasteiger charge is 2.26. The average Bonchev–Trinajstić information content (AvgIpc) is 3.09. The maximum absolute atomic E-state index is 11.9. The molecule has 0 amide bonds. The number of nitrogens with one attached hydrogen (secondary N) is 2. The van der Waals surface area contributed by atoms with Crippen molar-refractivity contribution in [2.24, 2.45) is 4.99 Å². The van der Waals surface area contributed by atoms with E-state index in [1.807, 2.05) is 6.20 Å². The van der Waals surface area contributed by atoms with Gasteiger partial charge < -0.3 is 10.6 Å². The summed E-state index contributed by atoms with van der Waals surface area (Å²) in [4.78, 5) is 10.00. The smallest absolute Gasteiger partial charge is 0.213 e. The van der Waals surface area contributed by atoms with Crippen molar-refractivity contribution < 1.29 is 8.42 Å². The summed E-state index contributed by atoms with van der Waals surface area (Å²) in [6.07, 6.45) is 5.45. The van der Waals surface area contributed by atoms with Gasteiger partial charge in [-0.15, -0.1) is 35.3 Å². The standard InChI is InChI=1S/C16H29N5O2S2.HI/c1-4-14-12-19-15(24-14)6-9-18-16(17-3)20-13-7-10-21(11-8-13)25(22,23)5-2;/h12-13H,4-11H2,1-3H3,(H2,17,18,20);1H. The fraction of sp³-hybridized carbons (Fsp3) is 0.750. The van der Waals surface area contributed by atoms with Crippen LogP contribution in [0.3, 0.4) is 0 Å². The van der Waals surface area contributed by atoms with Gasteiger partial charge in [0.15, 0.2) is 5.96 Å². The van der Waals surface area contributed by atoms with E-state index in [4.69, 9.17) is 0 Å². The van der Waals surface area contributed by atoms with Crippen LogP contribution in [-0.2, 0) is 22.9 Å². The van der Waals surface area contributed by atoms with Gasteiger partial charge in [-0.2, -0.15) is 0 Å². The predicted molar refractivity (Wildman–Crippen MR) is 119 cm³/mol. The molecule has 0 unspecified atom stereocenters. The van der Waals surface area contributed by atoms with Crippen LogP contribution in [0, 0.1) is 0 Å². The topological polar surface area (TPSA) is 86.7 Å². The largest absolute Gasteiger partial charge is 0.356 e. The lowest BCUT2D eigenvalue weighted by molar-refractivity contribution is 0.306. The van der Waals surface area contributed by atoms with Crippen LogP contribution in [0.5, 0.6) is 0 Å². The quantitative estimate of drug-likeness (QED) is 0.329. The number of nitrogens with zero attached hydrogens (tertiary/aromatic N) is 3. The zero-order chi connectivity index (χ0) is 18.3. The highest BCUT2D eigenvalue weighted by atomic mass is 127. The summed E-state index contributed by atoms with van der Waals surface area (Å²) in [7, 11) is -1.32. The van der Waals surface area contributed by atoms with E-state index in [2.05, 4.69) is 27.5 Å². The first-order valence-corrected chi connectivity index (χ1v) is 11.3. The van der Waals surface area contributed by atoms with Crippen molar-refractivity contribution in [3.8, 4) is 0 Å². The van der Waals surface area contributed by atoms with Gasteiger partial charge in [-0.3, -0.25) is 4.99 Å². The fourth-order valence-electron chi connectivity index (χ4n) is 2.76. The number of hydrogen-bond donors (Lipinski definition) is 2. The first-order chi connectivity index (χ1) is 12.0. The zero-order valence-corrected chi connectivity index (χ0v) is 19.7. The van der Waals surface area contributed by atoms with Gasteiger partial charge >= 0.3 is 0 Å². The second-order valence-corrected chi connectivity index (χ2v) is 9.50. The van der Waals surface area contributed by atoms with Gasteiger partial charge in [-0.05, 0) is 26.2 Å². The Morgan fingerprint density at radius 2 is 2.08 bits per heavy atom. The minimum Gasteiger partial charge on any atom is -0.356 e. The van der Waals surface area contributed by atoms with E-state index < -0.39 is 10.0 Å². The number of aromatic nitrogens is 1. The number of aryl methyl sites for hydroxylation is 1. The summed E-state index contributed by atoms with van der Waals surface area (Å²) in [6, 6.07) is 0.251. The first-order valence-electron chi connectivity index (χ1n) is 8.87. The van der Waals surface area contributed by atoms with Crippen LogP contribution in [0.25, 0.3) is 0 Å². The molecule has 0 bridgehead atoms. The number of rotatable bonds is 7. The molecule has 2 N–H and O–H groups in total. The van der Waals surface area contributed by atoms with Gasteiger partial charge in [0.1, 0.15) is 0 Å². The zero-order valence-electron chi connectivity index (χ0n) is 15.7. The molecule has 1 aliphatic heterocycles. The summed E-state index contributed by atoms with van der Waals surface area (Å²) >= 11 is 1.76. The Hall–Kier alpha value is -0.460. The minimum atomic E-state index is -3.07. The van der Waals surface area contributed by atoms with Crippen molar-refractivity contribution in [3.05, 3.63) is 16.1 Å². The monoisotopic (exact) mass is 515 g/mol. The predicted octanol–water partition coefficient (Wildman–Crippen LogP) is 1.85. The van der Waals surface area contributed by atoms with Gasteiger partial charge in [0.2, 0.25) is 10.0 Å². The third-order valence-corrected chi connectivity index (χ3v) is 7.44. The van der Waals surface area contributed by atoms with Gasteiger partial charge in [-0.1, -0.05) is 6.92 Å². The molecule has 1 saturated heterocycles. The van der Waals surface area contributed by atoms with E-state index in [-0.39, 0.29) is 35.8 Å². The van der Waals surface area contributed by atoms with Crippen LogP contribution in [0.15, 0.2) is 11.2 Å². The second kappa shape index (κ2) is 11.4. The number of piperidine rings is 1. The van der Waals surface area contributed by atoms with Crippen LogP contribution < -0.4 is 10.6 Å². The Kier molecular flexibility index (Phi) is 10.3. The molecule has 0 aliphatic carbocycles. The first kappa shape index (κ1) is 23.6. The molecule has 2 heterocycles. The molecule has 0 atom stereocenters. The molecular weight excluding hydrogens is 485 g/mol. The Balaban J connectivity index is 0.00000338. The SMILES string of the molecule is CCc1cnc(CCNC(=NC)NC2CCN(S(=O)(=O)CC)CC2)s1.I. The molecular formula is C16H30IN5O2S2. The summed E-state index contributed by atoms with van der Waals surface area (Å²) in [6.45, 7) is 5.75. The van der Waals surface area contributed by atoms with Crippen LogP contribution >= 0.6 is 35.3 Å². The molecule has 1 aromatic heterocycles. The molecule has 0 aromatic carbocycles. The molecule has 1 aromatic rings. The third kappa shape index (κ3) is 6.93. The molecule has 26 heavy (non-hydrogen) atoms. The van der Waals surface area contributed by atoms with Crippen LogP contribution in [0.2, 0.25) is 0 Å². The van der Waals surface area contributed by atoms with Crippen molar-refractivity contribution in [2.75, 3.05) is 32.4 Å². The van der Waals surface area contributed by atoms with Gasteiger partial charge in [0, 0.05) is 50.2 Å². The Morgan fingerprint density at radius 3 is 2.62 bits per heavy atom. The molecule has 0 spiro atoms. The van der Waals surface area contributed by atoms with E-state index in [0.29, 0.717) is 13.1 Å². The number of hydrogen-bond acceptors (Lipinski definition) is 5. The normalized spacial score (nSPS) is 17.0. The Labute approximate surface area is 178 Å². The van der Waals surface area contributed by atoms with Crippen molar-refractivity contribution in [1.29, 1.82) is 0 Å². The lowest BCUT2D eigenvalue weighted by atomic mass is 10.1. The number of thiazole rings is 1. The Morgan fingerprint density at radius 1 is 1.38 bits per heavy atom. The number of sulfonamides is 1. The molecule has 0 radical (unpaired) electrons. The summed E-state index contributed by atoms with van der Waals surface area (Å²) in [5.74, 6) is 0.939. The molecule has 1 fully saturated rings. The molecule has 150 valence electrons. The van der Waals surface area contributed by atoms with E-state index in [9.17, 15) is 8.42 Å². The van der Waals surface area contributed by atoms with Crippen LogP contribution in [0.1, 0.15) is 36.6 Å². The van der Waals surface area contributed by atoms with Crippen molar-refractivity contribution in [2.45, 2.75) is 45.6 Å². The number of halogens is 1. The highest BCUT2D eigenvalue weighted by molar-refractivity contribution is 14.0. The molecule has 2 rings (SSSR count). The minimum absolute atomic E-state index is 0.